The molecule has 0 spiro atoms. The van der Waals surface area contributed by atoms with Crippen LogP contribution in [0, 0.1) is 23.1 Å². The number of nitriles is 1. The summed E-state index contributed by atoms with van der Waals surface area (Å²) in [5, 5.41) is 24.3. The Hall–Kier alpha value is -3.97. The van der Waals surface area contributed by atoms with Crippen LogP contribution in [0.2, 0.25) is 0 Å². The van der Waals surface area contributed by atoms with Crippen LogP contribution >= 0.6 is 0 Å². The summed E-state index contributed by atoms with van der Waals surface area (Å²) in [4.78, 5) is 31.8. The fraction of sp³-hybridized carbons (Fsp3) is 0.407. The topological polar surface area (TPSA) is 123 Å². The second-order valence-electron chi connectivity index (χ2n) is 9.62. The summed E-state index contributed by atoms with van der Waals surface area (Å²) in [6.07, 6.45) is 1.88. The van der Waals surface area contributed by atoms with Gasteiger partial charge in [0.1, 0.15) is 5.82 Å². The molecule has 0 aliphatic rings. The Morgan fingerprint density at radius 2 is 1.89 bits per heavy atom. The molecule has 37 heavy (non-hydrogen) atoms. The molecule has 3 aromatic rings. The second kappa shape index (κ2) is 11.4. The van der Waals surface area contributed by atoms with Crippen molar-refractivity contribution in [2.45, 2.75) is 59.1 Å². The molecule has 0 fully saturated rings. The van der Waals surface area contributed by atoms with Gasteiger partial charge in [-0.2, -0.15) is 5.26 Å². The number of anilines is 3. The largest absolute Gasteiger partial charge is 0.390 e. The van der Waals surface area contributed by atoms with Crippen molar-refractivity contribution in [1.82, 2.24) is 9.55 Å². The van der Waals surface area contributed by atoms with E-state index in [4.69, 9.17) is 5.26 Å². The molecule has 3 amide bonds. The van der Waals surface area contributed by atoms with Crippen LogP contribution in [-0.2, 0) is 11.3 Å². The number of aryl methyl sites for hydroxylation is 1. The molecule has 3 rings (SSSR count). The van der Waals surface area contributed by atoms with Crippen LogP contribution in [0.15, 0.2) is 36.4 Å². The Balaban J connectivity index is 1.93. The smallest absolute Gasteiger partial charge is 0.326 e. The van der Waals surface area contributed by atoms with E-state index in [0.717, 1.165) is 18.9 Å². The number of nitrogens with zero attached hydrogens (tertiary/aromatic N) is 4. The van der Waals surface area contributed by atoms with Gasteiger partial charge in [-0.25, -0.2) is 14.2 Å². The minimum atomic E-state index is -0.955. The zero-order chi connectivity index (χ0) is 27.3. The van der Waals surface area contributed by atoms with Gasteiger partial charge in [-0.3, -0.25) is 10.1 Å². The number of hydrogen-bond donors (Lipinski definition) is 3. The highest BCUT2D eigenvalue weighted by atomic mass is 19.1. The van der Waals surface area contributed by atoms with E-state index in [1.807, 2.05) is 32.0 Å². The number of nitrogens with one attached hydrogen (secondary N) is 2. The number of carbonyl (C=O) groups is 2. The van der Waals surface area contributed by atoms with Crippen LogP contribution in [0.25, 0.3) is 11.0 Å². The van der Waals surface area contributed by atoms with Crippen molar-refractivity contribution < 1.29 is 19.1 Å². The van der Waals surface area contributed by atoms with Gasteiger partial charge in [-0.15, -0.1) is 0 Å². The zero-order valence-electron chi connectivity index (χ0n) is 21.8. The van der Waals surface area contributed by atoms with Gasteiger partial charge in [0, 0.05) is 25.2 Å². The van der Waals surface area contributed by atoms with Crippen LogP contribution in [-0.4, -0.2) is 39.2 Å². The Morgan fingerprint density at radius 1 is 1.19 bits per heavy atom. The number of hydrogen-bond acceptors (Lipinski definition) is 5. The number of urea groups is 1. The molecule has 0 radical (unpaired) electrons. The first-order chi connectivity index (χ1) is 17.5. The maximum absolute atomic E-state index is 14.3. The molecule has 1 heterocycles. The average molecular weight is 509 g/mol. The number of amides is 3. The summed E-state index contributed by atoms with van der Waals surface area (Å²) in [6, 6.07) is 10.3. The molecular weight excluding hydrogens is 475 g/mol. The molecular formula is C27H33FN6O3. The van der Waals surface area contributed by atoms with E-state index >= 15 is 0 Å². The molecule has 3 N–H and O–H groups in total. The minimum Gasteiger partial charge on any atom is -0.390 e. The molecule has 9 nitrogen and oxygen atoms in total. The van der Waals surface area contributed by atoms with Crippen molar-refractivity contribution in [2.24, 2.45) is 5.92 Å². The summed E-state index contributed by atoms with van der Waals surface area (Å²) in [5.74, 6) is -0.585. The monoisotopic (exact) mass is 508 g/mol. The van der Waals surface area contributed by atoms with Crippen molar-refractivity contribution in [2.75, 3.05) is 22.6 Å². The first kappa shape index (κ1) is 27.6. The standard InChI is InChI=1S/C27H33FN6O3/c1-6-18(7-2)24(35)33(5)19-9-11-23-22(15-19)30-25(34(23)13-12-27(3,4)37)32-26(36)31-21-10-8-17(16-29)14-20(21)28/h8-11,14-15,18,37H,6-7,12-13H2,1-5H3,(H2,30,31,32,36). The number of aromatic nitrogens is 2. The Kier molecular flexibility index (Phi) is 8.50. The van der Waals surface area contributed by atoms with Crippen molar-refractivity contribution >= 4 is 40.3 Å². The van der Waals surface area contributed by atoms with Gasteiger partial charge in [-0.05, 0) is 69.5 Å². The van der Waals surface area contributed by atoms with Gasteiger partial charge in [0.05, 0.1) is 34.0 Å². The molecule has 0 bridgehead atoms. The highest BCUT2D eigenvalue weighted by molar-refractivity contribution is 6.00. The van der Waals surface area contributed by atoms with Crippen molar-refractivity contribution in [3.05, 3.63) is 47.8 Å². The van der Waals surface area contributed by atoms with Crippen LogP contribution in [0.5, 0.6) is 0 Å². The lowest BCUT2D eigenvalue weighted by Crippen LogP contribution is -2.32. The number of fused-ring (bicyclic) bond motifs is 1. The van der Waals surface area contributed by atoms with Gasteiger partial charge in [0.15, 0.2) is 0 Å². The first-order valence-corrected chi connectivity index (χ1v) is 12.2. The lowest BCUT2D eigenvalue weighted by molar-refractivity contribution is -0.122. The molecule has 0 aliphatic carbocycles. The molecule has 0 aliphatic heterocycles. The highest BCUT2D eigenvalue weighted by Crippen LogP contribution is 2.28. The van der Waals surface area contributed by atoms with E-state index in [9.17, 15) is 19.1 Å². The number of halogens is 1. The second-order valence-corrected chi connectivity index (χ2v) is 9.62. The Labute approximate surface area is 215 Å². The van der Waals surface area contributed by atoms with Gasteiger partial charge in [0.25, 0.3) is 0 Å². The van der Waals surface area contributed by atoms with E-state index in [0.29, 0.717) is 29.7 Å². The quantitative estimate of drug-likeness (QED) is 0.364. The highest BCUT2D eigenvalue weighted by Gasteiger charge is 2.22. The average Bonchev–Trinajstić information content (AvgIpc) is 3.19. The van der Waals surface area contributed by atoms with Crippen LogP contribution in [0.3, 0.4) is 0 Å². The van der Waals surface area contributed by atoms with Crippen molar-refractivity contribution in [3.63, 3.8) is 0 Å². The van der Waals surface area contributed by atoms with Crippen LogP contribution < -0.4 is 15.5 Å². The van der Waals surface area contributed by atoms with Crippen LogP contribution in [0.1, 0.15) is 52.5 Å². The molecule has 196 valence electrons. The third-order valence-corrected chi connectivity index (χ3v) is 6.30. The normalized spacial score (nSPS) is 11.4. The predicted octanol–water partition coefficient (Wildman–Crippen LogP) is 5.25. The summed E-state index contributed by atoms with van der Waals surface area (Å²) in [5.41, 5.74) is 1.03. The predicted molar refractivity (Wildman–Crippen MR) is 142 cm³/mol. The summed E-state index contributed by atoms with van der Waals surface area (Å²) in [6.45, 7) is 7.70. The lowest BCUT2D eigenvalue weighted by Gasteiger charge is -2.22. The molecule has 0 unspecified atom stereocenters. The van der Waals surface area contributed by atoms with E-state index in [1.54, 1.807) is 36.4 Å². The molecule has 0 saturated heterocycles. The van der Waals surface area contributed by atoms with Crippen LogP contribution in [0.4, 0.5) is 26.5 Å². The SMILES string of the molecule is CCC(CC)C(=O)N(C)c1ccc2c(c1)nc(NC(=O)Nc1ccc(C#N)cc1F)n2CCC(C)(C)O. The zero-order valence-corrected chi connectivity index (χ0v) is 21.8. The lowest BCUT2D eigenvalue weighted by atomic mass is 10.0. The maximum Gasteiger partial charge on any atom is 0.326 e. The van der Waals surface area contributed by atoms with Gasteiger partial charge >= 0.3 is 6.03 Å². The number of rotatable bonds is 9. The minimum absolute atomic E-state index is 0.0213. The van der Waals surface area contributed by atoms with E-state index in [-0.39, 0.29) is 29.0 Å². The first-order valence-electron chi connectivity index (χ1n) is 12.2. The third kappa shape index (κ3) is 6.62. The van der Waals surface area contributed by atoms with E-state index in [2.05, 4.69) is 15.6 Å². The summed E-state index contributed by atoms with van der Waals surface area (Å²) < 4.78 is 16.0. The maximum atomic E-state index is 14.3. The van der Waals surface area contributed by atoms with Gasteiger partial charge < -0.3 is 19.9 Å². The molecule has 10 heteroatoms. The summed E-state index contributed by atoms with van der Waals surface area (Å²) >= 11 is 0. The Bertz CT molecular complexity index is 1330. The third-order valence-electron chi connectivity index (χ3n) is 6.30. The number of benzene rings is 2. The Morgan fingerprint density at radius 3 is 2.49 bits per heavy atom. The summed E-state index contributed by atoms with van der Waals surface area (Å²) in [7, 11) is 1.73. The number of aliphatic hydroxyl groups is 1. The molecule has 0 atom stereocenters. The molecule has 2 aromatic carbocycles. The molecule has 0 saturated carbocycles. The number of carbonyl (C=O) groups excluding carboxylic acids is 2. The number of imidazole rings is 1. The molecule has 1 aromatic heterocycles. The van der Waals surface area contributed by atoms with E-state index < -0.39 is 17.4 Å². The fourth-order valence-corrected chi connectivity index (χ4v) is 4.01. The van der Waals surface area contributed by atoms with Crippen molar-refractivity contribution in [3.8, 4) is 6.07 Å². The van der Waals surface area contributed by atoms with Gasteiger partial charge in [0.2, 0.25) is 11.9 Å². The van der Waals surface area contributed by atoms with Crippen molar-refractivity contribution in [1.29, 1.82) is 5.26 Å². The van der Waals surface area contributed by atoms with Gasteiger partial charge in [-0.1, -0.05) is 13.8 Å². The fourth-order valence-electron chi connectivity index (χ4n) is 4.01. The van der Waals surface area contributed by atoms with E-state index in [1.165, 1.54) is 12.1 Å².